The van der Waals surface area contributed by atoms with Gasteiger partial charge in [-0.1, -0.05) is 12.1 Å². The van der Waals surface area contributed by atoms with Gasteiger partial charge in [0.2, 0.25) is 5.91 Å². The summed E-state index contributed by atoms with van der Waals surface area (Å²) >= 11 is 0. The van der Waals surface area contributed by atoms with Gasteiger partial charge in [-0.2, -0.15) is 0 Å². The van der Waals surface area contributed by atoms with E-state index in [2.05, 4.69) is 5.32 Å². The second kappa shape index (κ2) is 3.70. The number of rotatable bonds is 3. The van der Waals surface area contributed by atoms with Gasteiger partial charge in [-0.15, -0.1) is 0 Å². The first-order valence-electron chi connectivity index (χ1n) is 4.81. The topological polar surface area (TPSA) is 38.3 Å². The molecule has 0 aliphatic carbocycles. The minimum Gasteiger partial charge on any atom is -0.494 e. The van der Waals surface area contributed by atoms with Crippen LogP contribution in [-0.4, -0.2) is 19.1 Å². The van der Waals surface area contributed by atoms with Gasteiger partial charge < -0.3 is 10.1 Å². The number of nitrogens with one attached hydrogen (secondary N) is 1. The highest BCUT2D eigenvalue weighted by Gasteiger charge is 2.28. The van der Waals surface area contributed by atoms with Crippen molar-refractivity contribution in [2.45, 2.75) is 12.8 Å². The van der Waals surface area contributed by atoms with Crippen LogP contribution in [0.4, 0.5) is 0 Å². The fourth-order valence-corrected chi connectivity index (χ4v) is 1.52. The maximum atomic E-state index is 11.1. The molecule has 1 N–H and O–H groups in total. The van der Waals surface area contributed by atoms with Crippen LogP contribution in [0.1, 0.15) is 18.4 Å². The molecule has 0 radical (unpaired) electrons. The molecule has 1 unspecified atom stereocenters. The van der Waals surface area contributed by atoms with Crippen molar-refractivity contribution in [1.29, 1.82) is 0 Å². The van der Waals surface area contributed by atoms with Crippen molar-refractivity contribution >= 4 is 5.91 Å². The second-order valence-electron chi connectivity index (χ2n) is 3.30. The number of amides is 1. The Morgan fingerprint density at radius 3 is 2.57 bits per heavy atom. The van der Waals surface area contributed by atoms with Crippen molar-refractivity contribution in [3.8, 4) is 5.75 Å². The molecule has 2 rings (SSSR count). The number of hydrogen-bond donors (Lipinski definition) is 1. The summed E-state index contributed by atoms with van der Waals surface area (Å²) in [7, 11) is 0. The van der Waals surface area contributed by atoms with Crippen LogP contribution >= 0.6 is 0 Å². The lowest BCUT2D eigenvalue weighted by Gasteiger charge is -2.26. The molecular weight excluding hydrogens is 178 g/mol. The highest BCUT2D eigenvalue weighted by Crippen LogP contribution is 2.23. The molecule has 1 atom stereocenters. The third-order valence-corrected chi connectivity index (χ3v) is 2.39. The molecule has 1 aliphatic rings. The van der Waals surface area contributed by atoms with E-state index in [1.807, 2.05) is 31.2 Å². The highest BCUT2D eigenvalue weighted by molar-refractivity contribution is 5.89. The van der Waals surface area contributed by atoms with E-state index >= 15 is 0 Å². The fourth-order valence-electron chi connectivity index (χ4n) is 1.52. The third kappa shape index (κ3) is 1.58. The third-order valence-electron chi connectivity index (χ3n) is 2.39. The summed E-state index contributed by atoms with van der Waals surface area (Å²) in [5.74, 6) is 1.02. The quantitative estimate of drug-likeness (QED) is 0.731. The van der Waals surface area contributed by atoms with Gasteiger partial charge in [-0.05, 0) is 24.6 Å². The van der Waals surface area contributed by atoms with E-state index in [1.54, 1.807) is 0 Å². The molecule has 14 heavy (non-hydrogen) atoms. The number of β-lactam (4-membered cyclic amide) rings is 1. The number of hydrogen-bond acceptors (Lipinski definition) is 2. The lowest BCUT2D eigenvalue weighted by Crippen LogP contribution is -2.46. The van der Waals surface area contributed by atoms with Gasteiger partial charge in [-0.3, -0.25) is 4.79 Å². The minimum absolute atomic E-state index is 0.0469. The van der Waals surface area contributed by atoms with Gasteiger partial charge in [0.05, 0.1) is 12.5 Å². The largest absolute Gasteiger partial charge is 0.494 e. The molecule has 0 spiro atoms. The van der Waals surface area contributed by atoms with Crippen LogP contribution < -0.4 is 10.1 Å². The van der Waals surface area contributed by atoms with E-state index in [0.717, 1.165) is 17.9 Å². The molecule has 3 nitrogen and oxygen atoms in total. The molecule has 0 aromatic heterocycles. The molecule has 1 aromatic carbocycles. The Hall–Kier alpha value is -1.51. The van der Waals surface area contributed by atoms with Crippen molar-refractivity contribution < 1.29 is 9.53 Å². The average molecular weight is 191 g/mol. The van der Waals surface area contributed by atoms with Crippen molar-refractivity contribution in [3.05, 3.63) is 29.8 Å². The van der Waals surface area contributed by atoms with Gasteiger partial charge in [-0.25, -0.2) is 0 Å². The summed E-state index contributed by atoms with van der Waals surface area (Å²) in [6, 6.07) is 7.72. The summed E-state index contributed by atoms with van der Waals surface area (Å²) < 4.78 is 5.32. The smallest absolute Gasteiger partial charge is 0.229 e. The maximum absolute atomic E-state index is 11.1. The van der Waals surface area contributed by atoms with Gasteiger partial charge in [0.15, 0.2) is 0 Å². The van der Waals surface area contributed by atoms with E-state index in [1.165, 1.54) is 0 Å². The van der Waals surface area contributed by atoms with E-state index < -0.39 is 0 Å². The summed E-state index contributed by atoms with van der Waals surface area (Å²) in [5.41, 5.74) is 1.07. The zero-order chi connectivity index (χ0) is 9.97. The summed E-state index contributed by atoms with van der Waals surface area (Å²) in [5, 5.41) is 2.73. The summed E-state index contributed by atoms with van der Waals surface area (Å²) in [6.07, 6.45) is 0. The first-order chi connectivity index (χ1) is 6.81. The molecule has 1 heterocycles. The Labute approximate surface area is 83.1 Å². The fraction of sp³-hybridized carbons (Fsp3) is 0.364. The van der Waals surface area contributed by atoms with Crippen molar-refractivity contribution in [1.82, 2.24) is 5.32 Å². The zero-order valence-corrected chi connectivity index (χ0v) is 8.12. The molecule has 1 aliphatic heterocycles. The maximum Gasteiger partial charge on any atom is 0.229 e. The standard InChI is InChI=1S/C11H13NO2/c1-2-14-9-5-3-8(4-6-9)10-7-12-11(10)13/h3-6,10H,2,7H2,1H3,(H,12,13). The van der Waals surface area contributed by atoms with Crippen LogP contribution in [0.5, 0.6) is 5.75 Å². The normalized spacial score (nSPS) is 19.8. The van der Waals surface area contributed by atoms with E-state index in [4.69, 9.17) is 4.74 Å². The number of benzene rings is 1. The van der Waals surface area contributed by atoms with E-state index in [9.17, 15) is 4.79 Å². The molecular formula is C11H13NO2. The lowest BCUT2D eigenvalue weighted by molar-refractivity contribution is -0.127. The molecule has 0 saturated carbocycles. The Morgan fingerprint density at radius 1 is 1.43 bits per heavy atom. The summed E-state index contributed by atoms with van der Waals surface area (Å²) in [6.45, 7) is 3.38. The van der Waals surface area contributed by atoms with Crippen molar-refractivity contribution in [3.63, 3.8) is 0 Å². The molecule has 3 heteroatoms. The van der Waals surface area contributed by atoms with Crippen molar-refractivity contribution in [2.75, 3.05) is 13.2 Å². The van der Waals surface area contributed by atoms with Crippen LogP contribution in [0.15, 0.2) is 24.3 Å². The second-order valence-corrected chi connectivity index (χ2v) is 3.30. The SMILES string of the molecule is CCOc1ccc(C2CNC2=O)cc1. The highest BCUT2D eigenvalue weighted by atomic mass is 16.5. The molecule has 1 aromatic rings. The Balaban J connectivity index is 2.09. The van der Waals surface area contributed by atoms with Crippen LogP contribution in [-0.2, 0) is 4.79 Å². The monoisotopic (exact) mass is 191 g/mol. The van der Waals surface area contributed by atoms with E-state index in [-0.39, 0.29) is 11.8 Å². The Kier molecular flexibility index (Phi) is 2.39. The minimum atomic E-state index is 0.0469. The molecule has 1 amide bonds. The van der Waals surface area contributed by atoms with Gasteiger partial charge in [0.1, 0.15) is 5.75 Å². The predicted octanol–water partition coefficient (Wildman–Crippen LogP) is 1.30. The van der Waals surface area contributed by atoms with Crippen LogP contribution in [0.25, 0.3) is 0 Å². The molecule has 74 valence electrons. The van der Waals surface area contributed by atoms with Gasteiger partial charge in [0.25, 0.3) is 0 Å². The molecule has 0 bridgehead atoms. The van der Waals surface area contributed by atoms with Crippen molar-refractivity contribution in [2.24, 2.45) is 0 Å². The van der Waals surface area contributed by atoms with Crippen LogP contribution in [0.2, 0.25) is 0 Å². The first kappa shape index (κ1) is 9.06. The lowest BCUT2D eigenvalue weighted by atomic mass is 9.93. The van der Waals surface area contributed by atoms with Crippen LogP contribution in [0.3, 0.4) is 0 Å². The predicted molar refractivity (Wildman–Crippen MR) is 53.4 cm³/mol. The molecule has 1 saturated heterocycles. The Bertz CT molecular complexity index is 332. The van der Waals surface area contributed by atoms with Crippen LogP contribution in [0, 0.1) is 0 Å². The number of ether oxygens (including phenoxy) is 1. The zero-order valence-electron chi connectivity index (χ0n) is 8.12. The summed E-state index contributed by atoms with van der Waals surface area (Å²) in [4.78, 5) is 11.1. The Morgan fingerprint density at radius 2 is 2.14 bits per heavy atom. The van der Waals surface area contributed by atoms with E-state index in [0.29, 0.717) is 6.61 Å². The average Bonchev–Trinajstić information content (AvgIpc) is 2.19. The molecule has 1 fully saturated rings. The number of carbonyl (C=O) groups excluding carboxylic acids is 1. The number of carbonyl (C=O) groups is 1. The van der Waals surface area contributed by atoms with Gasteiger partial charge >= 0.3 is 0 Å². The first-order valence-corrected chi connectivity index (χ1v) is 4.81. The van der Waals surface area contributed by atoms with Gasteiger partial charge in [0, 0.05) is 6.54 Å².